The topological polar surface area (TPSA) is 63.7 Å². The fourth-order valence-corrected chi connectivity index (χ4v) is 3.60. The minimum absolute atomic E-state index is 0.195. The molecule has 7 heteroatoms. The van der Waals surface area contributed by atoms with Crippen molar-refractivity contribution in [2.45, 2.75) is 13.0 Å². The molecule has 0 spiro atoms. The number of anilines is 1. The smallest absolute Gasteiger partial charge is 0.321 e. The van der Waals surface area contributed by atoms with E-state index in [1.165, 1.54) is 0 Å². The lowest BCUT2D eigenvalue weighted by Gasteiger charge is -2.29. The van der Waals surface area contributed by atoms with E-state index in [9.17, 15) is 4.79 Å². The van der Waals surface area contributed by atoms with Gasteiger partial charge in [0, 0.05) is 23.7 Å². The number of ether oxygens (including phenoxy) is 2. The third-order valence-electron chi connectivity index (χ3n) is 4.44. The lowest BCUT2D eigenvalue weighted by Crippen LogP contribution is -2.43. The summed E-state index contributed by atoms with van der Waals surface area (Å²) in [4.78, 5) is 18.6. The number of aryl methyl sites for hydroxylation is 1. The lowest BCUT2D eigenvalue weighted by atomic mass is 10.1. The zero-order valence-electron chi connectivity index (χ0n) is 15.7. The highest BCUT2D eigenvalue weighted by molar-refractivity contribution is 7.09. The molecule has 2 aromatic carbocycles. The predicted octanol–water partition coefficient (Wildman–Crippen LogP) is 4.42. The number of carbonyl (C=O) groups excluding carboxylic acids is 1. The van der Waals surface area contributed by atoms with Crippen LogP contribution < -0.4 is 14.8 Å². The summed E-state index contributed by atoms with van der Waals surface area (Å²) in [6.07, 6.45) is -0.207. The molecule has 0 fully saturated rings. The summed E-state index contributed by atoms with van der Waals surface area (Å²) < 4.78 is 11.6. The van der Waals surface area contributed by atoms with Crippen LogP contribution in [-0.4, -0.2) is 42.2 Å². The molecule has 1 aromatic heterocycles. The zero-order valence-corrected chi connectivity index (χ0v) is 16.5. The normalized spacial score (nSPS) is 15.1. The van der Waals surface area contributed by atoms with Crippen molar-refractivity contribution in [2.24, 2.45) is 0 Å². The Labute approximate surface area is 167 Å². The van der Waals surface area contributed by atoms with Crippen molar-refractivity contribution < 1.29 is 14.3 Å². The van der Waals surface area contributed by atoms with Crippen LogP contribution in [0.3, 0.4) is 0 Å². The van der Waals surface area contributed by atoms with Crippen molar-refractivity contribution in [2.75, 3.05) is 25.5 Å². The molecule has 1 aliphatic heterocycles. The van der Waals surface area contributed by atoms with Crippen molar-refractivity contribution in [1.29, 1.82) is 0 Å². The number of benzene rings is 2. The number of fused-ring (bicyclic) bond motifs is 1. The van der Waals surface area contributed by atoms with E-state index in [0.29, 0.717) is 18.9 Å². The number of amides is 2. The summed E-state index contributed by atoms with van der Waals surface area (Å²) in [5.74, 6) is 1.45. The van der Waals surface area contributed by atoms with Crippen molar-refractivity contribution in [3.05, 3.63) is 58.9 Å². The van der Waals surface area contributed by atoms with E-state index in [1.807, 2.05) is 60.8 Å². The minimum Gasteiger partial charge on any atom is -0.486 e. The van der Waals surface area contributed by atoms with E-state index in [1.54, 1.807) is 23.3 Å². The number of nitrogens with one attached hydrogen (secondary N) is 1. The van der Waals surface area contributed by atoms with Gasteiger partial charge in [-0.15, -0.1) is 11.3 Å². The molecule has 0 saturated heterocycles. The molecule has 1 aliphatic rings. The average molecular weight is 395 g/mol. The first-order valence-corrected chi connectivity index (χ1v) is 9.89. The second kappa shape index (κ2) is 7.90. The largest absolute Gasteiger partial charge is 0.486 e. The second-order valence-electron chi connectivity index (χ2n) is 6.64. The van der Waals surface area contributed by atoms with Gasteiger partial charge in [0.25, 0.3) is 0 Å². The van der Waals surface area contributed by atoms with Gasteiger partial charge in [0.15, 0.2) is 17.6 Å². The van der Waals surface area contributed by atoms with Crippen LogP contribution in [0.5, 0.6) is 11.5 Å². The summed E-state index contributed by atoms with van der Waals surface area (Å²) in [6, 6.07) is 15.0. The molecule has 6 nitrogen and oxygen atoms in total. The molecule has 0 aliphatic carbocycles. The molecule has 1 N–H and O–H groups in total. The molecule has 4 rings (SSSR count). The molecule has 144 valence electrons. The number of thiazole rings is 1. The summed E-state index contributed by atoms with van der Waals surface area (Å²) in [5.41, 5.74) is 2.72. The van der Waals surface area contributed by atoms with Crippen molar-refractivity contribution >= 4 is 23.1 Å². The molecule has 28 heavy (non-hydrogen) atoms. The molecule has 3 aromatic rings. The highest BCUT2D eigenvalue weighted by Gasteiger charge is 2.23. The van der Waals surface area contributed by atoms with Crippen LogP contribution in [0.2, 0.25) is 0 Å². The quantitative estimate of drug-likeness (QED) is 0.710. The summed E-state index contributed by atoms with van der Waals surface area (Å²) in [6.45, 7) is 2.82. The lowest BCUT2D eigenvalue weighted by molar-refractivity contribution is 0.0731. The molecular formula is C21H21N3O3S. The Morgan fingerprint density at radius 2 is 1.96 bits per heavy atom. The highest BCUT2D eigenvalue weighted by atomic mass is 32.1. The van der Waals surface area contributed by atoms with Crippen molar-refractivity contribution in [1.82, 2.24) is 9.88 Å². The molecule has 1 unspecified atom stereocenters. The van der Waals surface area contributed by atoms with Crippen LogP contribution in [0.1, 0.15) is 5.01 Å². The minimum atomic E-state index is -0.207. The average Bonchev–Trinajstić information content (AvgIpc) is 3.14. The third kappa shape index (κ3) is 4.09. The van der Waals surface area contributed by atoms with Gasteiger partial charge in [-0.25, -0.2) is 9.78 Å². The Morgan fingerprint density at radius 3 is 2.68 bits per heavy atom. The number of urea groups is 1. The number of aromatic nitrogens is 1. The van der Waals surface area contributed by atoms with Gasteiger partial charge in [0.2, 0.25) is 0 Å². The molecule has 2 heterocycles. The number of carbonyl (C=O) groups is 1. The maximum absolute atomic E-state index is 12.5. The van der Waals surface area contributed by atoms with Crippen molar-refractivity contribution in [3.63, 3.8) is 0 Å². The van der Waals surface area contributed by atoms with E-state index in [0.717, 1.165) is 27.7 Å². The maximum Gasteiger partial charge on any atom is 0.321 e. The molecule has 1 atom stereocenters. The Hall–Kier alpha value is -3.06. The molecule has 0 saturated carbocycles. The van der Waals surface area contributed by atoms with Gasteiger partial charge in [-0.2, -0.15) is 0 Å². The van der Waals surface area contributed by atoms with Gasteiger partial charge >= 0.3 is 6.03 Å². The summed E-state index contributed by atoms with van der Waals surface area (Å²) in [5, 5.41) is 5.97. The molecule has 2 amide bonds. The molecular weight excluding hydrogens is 374 g/mol. The summed E-state index contributed by atoms with van der Waals surface area (Å²) >= 11 is 1.62. The van der Waals surface area contributed by atoms with Crippen LogP contribution in [0, 0.1) is 6.92 Å². The van der Waals surface area contributed by atoms with Crippen LogP contribution in [-0.2, 0) is 0 Å². The fourth-order valence-electron chi connectivity index (χ4n) is 2.98. The van der Waals surface area contributed by atoms with E-state index >= 15 is 0 Å². The van der Waals surface area contributed by atoms with Crippen LogP contribution in [0.4, 0.5) is 10.5 Å². The first-order valence-electron chi connectivity index (χ1n) is 9.01. The third-order valence-corrected chi connectivity index (χ3v) is 5.22. The Morgan fingerprint density at radius 1 is 1.21 bits per heavy atom. The molecule has 0 radical (unpaired) electrons. The van der Waals surface area contributed by atoms with Crippen LogP contribution in [0.25, 0.3) is 11.3 Å². The van der Waals surface area contributed by atoms with Gasteiger partial charge < -0.3 is 19.7 Å². The first kappa shape index (κ1) is 18.3. The van der Waals surface area contributed by atoms with Crippen LogP contribution >= 0.6 is 11.3 Å². The fraction of sp³-hybridized carbons (Fsp3) is 0.238. The number of para-hydroxylation sites is 2. The van der Waals surface area contributed by atoms with Gasteiger partial charge in [-0.3, -0.25) is 0 Å². The number of hydrogen-bond donors (Lipinski definition) is 1. The van der Waals surface area contributed by atoms with Crippen LogP contribution in [0.15, 0.2) is 53.9 Å². The van der Waals surface area contributed by atoms with Gasteiger partial charge in [0.1, 0.15) is 6.61 Å². The van der Waals surface area contributed by atoms with Gasteiger partial charge in [-0.1, -0.05) is 24.3 Å². The number of rotatable bonds is 4. The maximum atomic E-state index is 12.5. The molecule has 0 bridgehead atoms. The Bertz CT molecular complexity index is 971. The van der Waals surface area contributed by atoms with E-state index in [2.05, 4.69) is 10.3 Å². The van der Waals surface area contributed by atoms with Gasteiger partial charge in [-0.05, 0) is 31.2 Å². The highest BCUT2D eigenvalue weighted by Crippen LogP contribution is 2.31. The Kier molecular flexibility index (Phi) is 5.16. The summed E-state index contributed by atoms with van der Waals surface area (Å²) in [7, 11) is 1.74. The standard InChI is InChI=1S/C21H21N3O3S/c1-14-22-18(13-28-14)15-7-9-16(10-8-15)23-21(25)24(2)11-17-12-26-19-5-3-4-6-20(19)27-17/h3-10,13,17H,11-12H2,1-2H3,(H,23,25). The Balaban J connectivity index is 1.33. The number of nitrogens with zero attached hydrogens (tertiary/aromatic N) is 2. The zero-order chi connectivity index (χ0) is 19.5. The monoisotopic (exact) mass is 395 g/mol. The van der Waals surface area contributed by atoms with E-state index in [-0.39, 0.29) is 12.1 Å². The SMILES string of the molecule is Cc1nc(-c2ccc(NC(=O)N(C)CC3COc4ccccc4O3)cc2)cs1. The van der Waals surface area contributed by atoms with E-state index < -0.39 is 0 Å². The predicted molar refractivity (Wildman–Crippen MR) is 110 cm³/mol. The second-order valence-corrected chi connectivity index (χ2v) is 7.70. The van der Waals surface area contributed by atoms with Gasteiger partial charge in [0.05, 0.1) is 17.2 Å². The number of likely N-dealkylation sites (N-methyl/N-ethyl adjacent to an activating group) is 1. The number of hydrogen-bond acceptors (Lipinski definition) is 5. The van der Waals surface area contributed by atoms with Crippen molar-refractivity contribution in [3.8, 4) is 22.8 Å². The van der Waals surface area contributed by atoms with E-state index in [4.69, 9.17) is 9.47 Å². The first-order chi connectivity index (χ1) is 13.6.